The lowest BCUT2D eigenvalue weighted by atomic mass is 9.84. The first kappa shape index (κ1) is 30.1. The Labute approximate surface area is 308 Å². The second-order valence-corrected chi connectivity index (χ2v) is 14.5. The lowest BCUT2D eigenvalue weighted by Crippen LogP contribution is -2.71. The number of fused-ring (bicyclic) bond motifs is 6. The Morgan fingerprint density at radius 2 is 1.51 bits per heavy atom. The minimum atomic E-state index is 0.157. The molecule has 4 nitrogen and oxygen atoms in total. The zero-order chi connectivity index (χ0) is 34.9. The Balaban J connectivity index is 0.954. The maximum Gasteiger partial charge on any atom is 0.225 e. The Morgan fingerprint density at radius 1 is 0.660 bits per heavy atom. The third kappa shape index (κ3) is 4.90. The van der Waals surface area contributed by atoms with Crippen molar-refractivity contribution in [1.82, 2.24) is 9.55 Å². The number of allylic oxidation sites excluding steroid dienone is 6. The smallest absolute Gasteiger partial charge is 0.225 e. The van der Waals surface area contributed by atoms with Crippen LogP contribution in [0.3, 0.4) is 0 Å². The molecule has 0 bridgehead atoms. The molecule has 2 aliphatic heterocycles. The molecule has 4 aliphatic rings. The van der Waals surface area contributed by atoms with Crippen molar-refractivity contribution < 1.29 is 4.99 Å². The molecule has 2 aliphatic carbocycles. The molecule has 252 valence electrons. The normalized spacial score (nSPS) is 20.4. The number of pyridine rings is 1. The third-order valence-corrected chi connectivity index (χ3v) is 11.5. The van der Waals surface area contributed by atoms with E-state index in [9.17, 15) is 0 Å². The van der Waals surface area contributed by atoms with Crippen LogP contribution >= 0.6 is 0 Å². The van der Waals surface area contributed by atoms with Crippen molar-refractivity contribution in [2.75, 3.05) is 4.90 Å². The fourth-order valence-electron chi connectivity index (χ4n) is 9.01. The number of nitrogens with one attached hydrogen (secondary N) is 1. The summed E-state index contributed by atoms with van der Waals surface area (Å²) in [4.78, 5) is 11.5. The number of hydrogen-bond donors (Lipinski definition) is 1. The van der Waals surface area contributed by atoms with Crippen LogP contribution in [0, 0.1) is 5.92 Å². The van der Waals surface area contributed by atoms with Gasteiger partial charge in [-0.3, -0.25) is 0 Å². The molecular weight excluding hydrogens is 645 g/mol. The number of hydrogen-bond acceptors (Lipinski definition) is 2. The molecule has 2 aromatic heterocycles. The maximum absolute atomic E-state index is 5.29. The lowest BCUT2D eigenvalue weighted by Gasteiger charge is -2.31. The molecule has 5 aromatic carbocycles. The Hall–Kier alpha value is -6.52. The van der Waals surface area contributed by atoms with Gasteiger partial charge >= 0.3 is 0 Å². The lowest BCUT2D eigenvalue weighted by molar-refractivity contribution is -0.489. The van der Waals surface area contributed by atoms with Crippen molar-refractivity contribution in [2.24, 2.45) is 5.92 Å². The van der Waals surface area contributed by atoms with Crippen LogP contribution in [-0.2, 0) is 0 Å². The van der Waals surface area contributed by atoms with Gasteiger partial charge in [-0.25, -0.2) is 9.98 Å². The summed E-state index contributed by atoms with van der Waals surface area (Å²) in [6.07, 6.45) is 18.4. The molecule has 0 saturated carbocycles. The number of nitrogens with zero attached hydrogens (tertiary/aromatic N) is 3. The van der Waals surface area contributed by atoms with E-state index in [1.807, 2.05) is 0 Å². The Kier molecular flexibility index (Phi) is 6.84. The van der Waals surface area contributed by atoms with E-state index in [-0.39, 0.29) is 18.0 Å². The second kappa shape index (κ2) is 12.0. The highest BCUT2D eigenvalue weighted by Gasteiger charge is 2.40. The van der Waals surface area contributed by atoms with Gasteiger partial charge in [0.2, 0.25) is 5.71 Å². The van der Waals surface area contributed by atoms with Gasteiger partial charge in [0.05, 0.1) is 17.1 Å². The number of rotatable bonds is 5. The van der Waals surface area contributed by atoms with Gasteiger partial charge < -0.3 is 9.47 Å². The minimum Gasteiger partial charge on any atom is -0.322 e. The molecule has 0 spiro atoms. The van der Waals surface area contributed by atoms with E-state index in [1.54, 1.807) is 0 Å². The predicted octanol–water partition coefficient (Wildman–Crippen LogP) is 9.57. The highest BCUT2D eigenvalue weighted by Crippen LogP contribution is 2.46. The van der Waals surface area contributed by atoms with Gasteiger partial charge in [0.25, 0.3) is 0 Å². The van der Waals surface area contributed by atoms with Crippen molar-refractivity contribution in [2.45, 2.75) is 24.9 Å². The van der Waals surface area contributed by atoms with Crippen LogP contribution in [0.1, 0.15) is 35.7 Å². The van der Waals surface area contributed by atoms with E-state index < -0.39 is 0 Å². The monoisotopic (exact) mass is 681 g/mol. The summed E-state index contributed by atoms with van der Waals surface area (Å²) in [6, 6.07) is 48.6. The van der Waals surface area contributed by atoms with Gasteiger partial charge in [0, 0.05) is 39.7 Å². The fraction of sp³-hybridized carbons (Fsp3) is 0.102. The van der Waals surface area contributed by atoms with Crippen molar-refractivity contribution in [3.63, 3.8) is 0 Å². The molecule has 3 unspecified atom stereocenters. The molecule has 4 heterocycles. The summed E-state index contributed by atoms with van der Waals surface area (Å²) < 4.78 is 2.42. The summed E-state index contributed by atoms with van der Waals surface area (Å²) in [6.45, 7) is 0. The largest absolute Gasteiger partial charge is 0.322 e. The van der Waals surface area contributed by atoms with Gasteiger partial charge in [-0.1, -0.05) is 121 Å². The zero-order valence-corrected chi connectivity index (χ0v) is 29.2. The first-order valence-electron chi connectivity index (χ1n) is 18.7. The van der Waals surface area contributed by atoms with Crippen LogP contribution in [0.5, 0.6) is 0 Å². The van der Waals surface area contributed by atoms with Gasteiger partial charge in [-0.15, -0.1) is 0 Å². The van der Waals surface area contributed by atoms with Crippen LogP contribution in [-0.4, -0.2) is 21.3 Å². The van der Waals surface area contributed by atoms with E-state index in [2.05, 4.69) is 190 Å². The van der Waals surface area contributed by atoms with Crippen LogP contribution in [0.25, 0.3) is 43.8 Å². The van der Waals surface area contributed by atoms with E-state index >= 15 is 0 Å². The number of benzene rings is 5. The standard InChI is InChI=1S/C49H36N4/c1-2-12-33(13-3-1)42-25-26-44(50-42)43-17-10-20-49(51-43)53-46-19-9-7-16-39(46)41-31-36(23-28-48(41)53)35-22-27-47-40(30-35)38-15-6-8-18-45(38)52(47)37-24-21-32-11-4-5-14-34(32)29-37/h1-8,10-18,20-31,41-42,48H,9,19H2/p+1. The molecule has 1 N–H and O–H groups in total. The van der Waals surface area contributed by atoms with Crippen molar-refractivity contribution >= 4 is 49.7 Å². The quantitative estimate of drug-likeness (QED) is 0.196. The van der Waals surface area contributed by atoms with E-state index in [4.69, 9.17) is 4.98 Å². The summed E-state index contributed by atoms with van der Waals surface area (Å²) in [5.41, 5.74) is 12.3. The van der Waals surface area contributed by atoms with E-state index in [1.165, 1.54) is 66.2 Å². The van der Waals surface area contributed by atoms with Crippen molar-refractivity contribution in [1.29, 1.82) is 0 Å². The summed E-state index contributed by atoms with van der Waals surface area (Å²) in [5.74, 6) is 1.26. The van der Waals surface area contributed by atoms with Gasteiger partial charge in [-0.05, 0) is 88.9 Å². The topological polar surface area (TPSA) is 35.0 Å². The number of para-hydroxylation sites is 1. The summed E-state index contributed by atoms with van der Waals surface area (Å²) >= 11 is 0. The SMILES string of the molecule is C1=CC2=C(CC1)N(c1cccc(C3=[NH+]C(c4ccccc4)C=C3)n1)C1C=CC(c3ccc4c(c3)c3ccccc3n4-c3ccc4ccccc4c3)=CC21. The third-order valence-electron chi connectivity index (χ3n) is 11.5. The molecule has 0 fully saturated rings. The molecule has 4 heteroatoms. The van der Waals surface area contributed by atoms with Gasteiger partial charge in [-0.2, -0.15) is 0 Å². The van der Waals surface area contributed by atoms with Gasteiger partial charge in [0.1, 0.15) is 11.5 Å². The van der Waals surface area contributed by atoms with Gasteiger partial charge in [0.15, 0.2) is 6.04 Å². The zero-order valence-electron chi connectivity index (χ0n) is 29.2. The summed E-state index contributed by atoms with van der Waals surface area (Å²) in [5, 5.41) is 5.05. The molecule has 3 atom stereocenters. The highest BCUT2D eigenvalue weighted by molar-refractivity contribution is 6.10. The molecule has 0 saturated heterocycles. The van der Waals surface area contributed by atoms with Crippen molar-refractivity contribution in [3.05, 3.63) is 204 Å². The molecule has 53 heavy (non-hydrogen) atoms. The van der Waals surface area contributed by atoms with E-state index in [0.29, 0.717) is 0 Å². The molecule has 0 radical (unpaired) electrons. The number of aromatic nitrogens is 2. The fourth-order valence-corrected chi connectivity index (χ4v) is 9.01. The first-order chi connectivity index (χ1) is 26.3. The van der Waals surface area contributed by atoms with E-state index in [0.717, 1.165) is 30.1 Å². The average molecular weight is 682 g/mol. The van der Waals surface area contributed by atoms with Crippen LogP contribution < -0.4 is 9.89 Å². The molecule has 7 aromatic rings. The molecular formula is C49H37N4+. The first-order valence-corrected chi connectivity index (χ1v) is 18.7. The molecule has 11 rings (SSSR count). The summed E-state index contributed by atoms with van der Waals surface area (Å²) in [7, 11) is 0. The minimum absolute atomic E-state index is 0.157. The van der Waals surface area contributed by atoms with Crippen LogP contribution in [0.2, 0.25) is 0 Å². The Morgan fingerprint density at radius 3 is 2.45 bits per heavy atom. The van der Waals surface area contributed by atoms with Crippen LogP contribution in [0.4, 0.5) is 5.82 Å². The average Bonchev–Trinajstić information content (AvgIpc) is 3.94. The predicted molar refractivity (Wildman–Crippen MR) is 218 cm³/mol. The maximum atomic E-state index is 5.29. The number of anilines is 1. The highest BCUT2D eigenvalue weighted by atomic mass is 15.2. The second-order valence-electron chi connectivity index (χ2n) is 14.5. The van der Waals surface area contributed by atoms with Crippen LogP contribution in [0.15, 0.2) is 187 Å². The van der Waals surface area contributed by atoms with Crippen molar-refractivity contribution in [3.8, 4) is 5.69 Å². The Bertz CT molecular complexity index is 2810. The molecule has 0 amide bonds.